The molecule has 0 aliphatic heterocycles. The van der Waals surface area contributed by atoms with E-state index < -0.39 is 0 Å². The third-order valence-corrected chi connectivity index (χ3v) is 4.12. The lowest BCUT2D eigenvalue weighted by Gasteiger charge is -2.18. The van der Waals surface area contributed by atoms with Gasteiger partial charge in [0.25, 0.3) is 0 Å². The van der Waals surface area contributed by atoms with Crippen LogP contribution < -0.4 is 14.8 Å². The zero-order chi connectivity index (χ0) is 19.2. The van der Waals surface area contributed by atoms with E-state index in [1.165, 1.54) is 5.56 Å². The topological polar surface area (TPSA) is 47.6 Å². The molecule has 4 heteroatoms. The summed E-state index contributed by atoms with van der Waals surface area (Å²) < 4.78 is 10.5. The van der Waals surface area contributed by atoms with E-state index >= 15 is 0 Å². The molecule has 0 saturated heterocycles. The molecule has 0 atom stereocenters. The zero-order valence-electron chi connectivity index (χ0n) is 16.1. The van der Waals surface area contributed by atoms with Crippen LogP contribution in [0.5, 0.6) is 11.5 Å². The maximum atomic E-state index is 12.0. The minimum absolute atomic E-state index is 0.124. The van der Waals surface area contributed by atoms with Crippen LogP contribution in [0, 0.1) is 0 Å². The van der Waals surface area contributed by atoms with Crippen LogP contribution in [-0.4, -0.2) is 20.1 Å². The highest BCUT2D eigenvalue weighted by Gasteiger charge is 2.12. The second-order valence-corrected chi connectivity index (χ2v) is 7.11. The van der Waals surface area contributed by atoms with E-state index in [0.717, 1.165) is 11.1 Å². The van der Waals surface area contributed by atoms with Gasteiger partial charge in [-0.05, 0) is 40.3 Å². The summed E-state index contributed by atoms with van der Waals surface area (Å²) in [4.78, 5) is 12.0. The molecule has 1 amide bonds. The molecule has 0 spiro atoms. The zero-order valence-corrected chi connectivity index (χ0v) is 16.1. The number of hydrogen-bond acceptors (Lipinski definition) is 3. The Morgan fingerprint density at radius 1 is 1.00 bits per heavy atom. The van der Waals surface area contributed by atoms with Crippen molar-refractivity contribution in [2.75, 3.05) is 14.2 Å². The van der Waals surface area contributed by atoms with Crippen molar-refractivity contribution in [3.63, 3.8) is 0 Å². The summed E-state index contributed by atoms with van der Waals surface area (Å²) in [6, 6.07) is 13.8. The van der Waals surface area contributed by atoms with E-state index in [2.05, 4.69) is 38.2 Å². The van der Waals surface area contributed by atoms with Crippen LogP contribution in [0.25, 0.3) is 6.08 Å². The average molecular weight is 353 g/mol. The molecule has 2 aromatic carbocycles. The summed E-state index contributed by atoms with van der Waals surface area (Å²) >= 11 is 0. The summed E-state index contributed by atoms with van der Waals surface area (Å²) in [5.41, 5.74) is 3.34. The molecule has 0 aliphatic rings. The highest BCUT2D eigenvalue weighted by Crippen LogP contribution is 2.27. The van der Waals surface area contributed by atoms with Gasteiger partial charge in [-0.3, -0.25) is 4.79 Å². The van der Waals surface area contributed by atoms with E-state index in [4.69, 9.17) is 9.47 Å². The maximum absolute atomic E-state index is 12.0. The molecule has 0 saturated carbocycles. The number of nitrogens with one attached hydrogen (secondary N) is 1. The van der Waals surface area contributed by atoms with E-state index in [0.29, 0.717) is 18.0 Å². The molecular formula is C22H27NO3. The van der Waals surface area contributed by atoms with Crippen molar-refractivity contribution in [1.82, 2.24) is 5.32 Å². The van der Waals surface area contributed by atoms with Crippen LogP contribution in [0.1, 0.15) is 37.5 Å². The van der Waals surface area contributed by atoms with Crippen LogP contribution >= 0.6 is 0 Å². The molecule has 0 unspecified atom stereocenters. The largest absolute Gasteiger partial charge is 0.493 e. The monoisotopic (exact) mass is 353 g/mol. The molecular weight excluding hydrogens is 326 g/mol. The molecule has 2 rings (SSSR count). The van der Waals surface area contributed by atoms with Crippen molar-refractivity contribution >= 4 is 12.0 Å². The van der Waals surface area contributed by atoms with E-state index in [9.17, 15) is 4.79 Å². The van der Waals surface area contributed by atoms with E-state index in [1.54, 1.807) is 20.3 Å². The van der Waals surface area contributed by atoms with Crippen molar-refractivity contribution in [3.8, 4) is 11.5 Å². The highest BCUT2D eigenvalue weighted by molar-refractivity contribution is 5.91. The first-order chi connectivity index (χ1) is 12.3. The summed E-state index contributed by atoms with van der Waals surface area (Å²) in [5, 5.41) is 2.87. The second-order valence-electron chi connectivity index (χ2n) is 7.11. The smallest absolute Gasteiger partial charge is 0.244 e. The average Bonchev–Trinajstić information content (AvgIpc) is 2.64. The molecule has 4 nitrogen and oxygen atoms in total. The first kappa shape index (κ1) is 19.6. The molecule has 0 heterocycles. The summed E-state index contributed by atoms with van der Waals surface area (Å²) in [5.74, 6) is 1.18. The van der Waals surface area contributed by atoms with Crippen molar-refractivity contribution < 1.29 is 14.3 Å². The van der Waals surface area contributed by atoms with E-state index in [1.807, 2.05) is 36.4 Å². The lowest BCUT2D eigenvalue weighted by molar-refractivity contribution is -0.116. The van der Waals surface area contributed by atoms with Crippen molar-refractivity contribution in [2.45, 2.75) is 32.7 Å². The molecule has 2 aromatic rings. The molecule has 0 radical (unpaired) electrons. The molecule has 1 N–H and O–H groups in total. The Morgan fingerprint density at radius 2 is 1.65 bits per heavy atom. The van der Waals surface area contributed by atoms with Gasteiger partial charge in [-0.25, -0.2) is 0 Å². The van der Waals surface area contributed by atoms with Crippen LogP contribution in [0.4, 0.5) is 0 Å². The summed E-state index contributed by atoms with van der Waals surface area (Å²) in [6.45, 7) is 6.96. The van der Waals surface area contributed by atoms with Gasteiger partial charge in [-0.1, -0.05) is 51.1 Å². The van der Waals surface area contributed by atoms with E-state index in [-0.39, 0.29) is 11.3 Å². The minimum atomic E-state index is -0.139. The Labute approximate surface area is 155 Å². The van der Waals surface area contributed by atoms with Gasteiger partial charge in [0.1, 0.15) is 0 Å². The summed E-state index contributed by atoms with van der Waals surface area (Å²) in [7, 11) is 3.19. The van der Waals surface area contributed by atoms with Gasteiger partial charge < -0.3 is 14.8 Å². The SMILES string of the molecule is COc1ccc(CNC(=O)/C=C/c2ccc(C(C)(C)C)cc2)cc1OC. The molecule has 26 heavy (non-hydrogen) atoms. The molecule has 138 valence electrons. The maximum Gasteiger partial charge on any atom is 0.244 e. The number of methoxy groups -OCH3 is 2. The number of amides is 1. The number of rotatable bonds is 6. The number of carbonyl (C=O) groups is 1. The fraction of sp³-hybridized carbons (Fsp3) is 0.318. The van der Waals surface area contributed by atoms with Crippen molar-refractivity contribution in [2.24, 2.45) is 0 Å². The number of hydrogen-bond donors (Lipinski definition) is 1. The van der Waals surface area contributed by atoms with Gasteiger partial charge in [0.15, 0.2) is 11.5 Å². The van der Waals surface area contributed by atoms with Crippen molar-refractivity contribution in [3.05, 3.63) is 65.2 Å². The van der Waals surface area contributed by atoms with Crippen molar-refractivity contribution in [1.29, 1.82) is 0 Å². The van der Waals surface area contributed by atoms with Gasteiger partial charge in [0, 0.05) is 12.6 Å². The quantitative estimate of drug-likeness (QED) is 0.786. The number of benzene rings is 2. The Kier molecular flexibility index (Phi) is 6.45. The number of ether oxygens (including phenoxy) is 2. The third-order valence-electron chi connectivity index (χ3n) is 4.12. The predicted molar refractivity (Wildman–Crippen MR) is 106 cm³/mol. The molecule has 0 aromatic heterocycles. The van der Waals surface area contributed by atoms with Crippen LogP contribution in [0.2, 0.25) is 0 Å². The minimum Gasteiger partial charge on any atom is -0.493 e. The standard InChI is InChI=1S/C22H27NO3/c1-22(2,3)18-10-6-16(7-11-18)9-13-21(24)23-15-17-8-12-19(25-4)20(14-17)26-5/h6-14H,15H2,1-5H3,(H,23,24)/b13-9+. The van der Waals surface area contributed by atoms with Gasteiger partial charge in [0.2, 0.25) is 5.91 Å². The predicted octanol–water partition coefficient (Wildman–Crippen LogP) is 4.33. The van der Waals surface area contributed by atoms with Gasteiger partial charge in [-0.2, -0.15) is 0 Å². The Balaban J connectivity index is 1.93. The first-order valence-corrected chi connectivity index (χ1v) is 8.61. The Bertz CT molecular complexity index is 771. The fourth-order valence-corrected chi connectivity index (χ4v) is 2.50. The lowest BCUT2D eigenvalue weighted by atomic mass is 9.87. The molecule has 0 aliphatic carbocycles. The Morgan fingerprint density at radius 3 is 2.23 bits per heavy atom. The second kappa shape index (κ2) is 8.56. The first-order valence-electron chi connectivity index (χ1n) is 8.61. The van der Waals surface area contributed by atoms with Gasteiger partial charge >= 0.3 is 0 Å². The molecule has 0 fully saturated rings. The van der Waals surface area contributed by atoms with Gasteiger partial charge in [0.05, 0.1) is 14.2 Å². The third kappa shape index (κ3) is 5.38. The molecule has 0 bridgehead atoms. The highest BCUT2D eigenvalue weighted by atomic mass is 16.5. The van der Waals surface area contributed by atoms with Crippen LogP contribution in [0.3, 0.4) is 0 Å². The van der Waals surface area contributed by atoms with Crippen LogP contribution in [0.15, 0.2) is 48.5 Å². The van der Waals surface area contributed by atoms with Gasteiger partial charge in [-0.15, -0.1) is 0 Å². The lowest BCUT2D eigenvalue weighted by Crippen LogP contribution is -2.20. The summed E-state index contributed by atoms with van der Waals surface area (Å²) in [6.07, 6.45) is 3.36. The number of carbonyl (C=O) groups excluding carboxylic acids is 1. The normalized spacial score (nSPS) is 11.4. The Hall–Kier alpha value is -2.75. The van der Waals surface area contributed by atoms with Crippen LogP contribution in [-0.2, 0) is 16.8 Å². The fourth-order valence-electron chi connectivity index (χ4n) is 2.50.